The van der Waals surface area contributed by atoms with Gasteiger partial charge in [0.1, 0.15) is 0 Å². The molecule has 0 fully saturated rings. The summed E-state index contributed by atoms with van der Waals surface area (Å²) in [5.74, 6) is 0. The van der Waals surface area contributed by atoms with Crippen molar-refractivity contribution in [1.82, 2.24) is 0 Å². The molecule has 0 rings (SSSR count). The highest BCUT2D eigenvalue weighted by atomic mass is 28.5. The first-order valence-electron chi connectivity index (χ1n) is 4.42. The lowest BCUT2D eigenvalue weighted by atomic mass is 11.3. The monoisotopic (exact) mass is 312 g/mol. The highest BCUT2D eigenvalue weighted by molar-refractivity contribution is 6.74. The molecule has 0 spiro atoms. The minimum absolute atomic E-state index is 0.0611. The van der Waals surface area contributed by atoms with Crippen molar-refractivity contribution in [3.05, 3.63) is 49.1 Å². The fourth-order valence-electron chi connectivity index (χ4n) is 0.580. The molecule has 0 bridgehead atoms. The van der Waals surface area contributed by atoms with Gasteiger partial charge < -0.3 is 16.5 Å². The van der Waals surface area contributed by atoms with Crippen molar-refractivity contribution < 1.29 is 16.5 Å². The van der Waals surface area contributed by atoms with Crippen LogP contribution in [0.25, 0.3) is 0 Å². The van der Waals surface area contributed by atoms with Crippen molar-refractivity contribution in [2.24, 2.45) is 0 Å². The van der Waals surface area contributed by atoms with E-state index in [1.165, 1.54) is 0 Å². The number of hydrogen-bond acceptors (Lipinski definition) is 4. The summed E-state index contributed by atoms with van der Waals surface area (Å²) in [5.41, 5.74) is 6.57. The smallest absolute Gasteiger partial charge is 0.390 e. The summed E-state index contributed by atoms with van der Waals surface area (Å²) in [6, 6.07) is 0. The summed E-state index contributed by atoms with van der Waals surface area (Å²) in [5, 5.41) is 0. The average Bonchev–Trinajstić information content (AvgIpc) is 2.37. The van der Waals surface area contributed by atoms with E-state index < -0.39 is 9.05 Å². The van der Waals surface area contributed by atoms with E-state index in [2.05, 4.69) is 26.3 Å². The Bertz CT molecular complexity index is 207. The summed E-state index contributed by atoms with van der Waals surface area (Å²) in [4.78, 5) is 0. The van der Waals surface area contributed by atoms with Gasteiger partial charge >= 0.3 is 9.05 Å². The Morgan fingerprint density at radius 2 is 0.824 bits per heavy atom. The van der Waals surface area contributed by atoms with Gasteiger partial charge in [-0.25, -0.2) is 0 Å². The highest BCUT2D eigenvalue weighted by Gasteiger charge is 2.43. The van der Waals surface area contributed by atoms with E-state index in [4.69, 9.17) is 16.5 Å². The largest absolute Gasteiger partial charge is 0.637 e. The van der Waals surface area contributed by atoms with Crippen LogP contribution in [0.4, 0.5) is 0 Å². The molecular weight excluding hydrogens is 301 g/mol. The van der Waals surface area contributed by atoms with Gasteiger partial charge in [0.15, 0.2) is 0 Å². The van der Waals surface area contributed by atoms with Crippen LogP contribution in [0.3, 0.4) is 0 Å². The molecule has 0 amide bonds. The van der Waals surface area contributed by atoms with Gasteiger partial charge in [-0.2, -0.15) is 0 Å². The van der Waals surface area contributed by atoms with Crippen LogP contribution in [0.5, 0.6) is 0 Å². The van der Waals surface area contributed by atoms with Crippen LogP contribution >= 0.6 is 0 Å². The van der Waals surface area contributed by atoms with Gasteiger partial charge in [-0.05, 0) is 0 Å². The topological polar surface area (TPSA) is 36.9 Å². The number of hydrogen-bond donors (Lipinski definition) is 0. The van der Waals surface area contributed by atoms with Gasteiger partial charge in [0.05, 0.1) is 0 Å². The maximum Gasteiger partial charge on any atom is 0.637 e. The van der Waals surface area contributed by atoms with Crippen molar-refractivity contribution in [1.29, 1.82) is 0 Å². The van der Waals surface area contributed by atoms with Crippen LogP contribution in [0.1, 0.15) is 0 Å². The summed E-state index contributed by atoms with van der Waals surface area (Å²) in [7, 11) is -2.87. The van der Waals surface area contributed by atoms with Crippen LogP contribution in [0.15, 0.2) is 49.1 Å². The molecule has 8 radical (unpaired) electrons. The third-order valence-electron chi connectivity index (χ3n) is 1.07. The normalized spacial score (nSPS) is 10.8. The second-order valence-electron chi connectivity index (χ2n) is 2.20. The molecule has 0 saturated heterocycles. The van der Waals surface area contributed by atoms with Crippen molar-refractivity contribution in [2.45, 2.75) is 0 Å². The molecule has 17 heavy (non-hydrogen) atoms. The quantitative estimate of drug-likeness (QED) is 0.493. The molecule has 0 unspecified atom stereocenters. The van der Waals surface area contributed by atoms with Gasteiger partial charge in [0.25, 0.3) is 39.1 Å². The zero-order valence-corrected chi connectivity index (χ0v) is 14.3. The average molecular weight is 313 g/mol. The van der Waals surface area contributed by atoms with E-state index in [0.29, 0.717) is 0 Å². The maximum absolute atomic E-state index is 5.54. The summed E-state index contributed by atoms with van der Waals surface area (Å²) in [6.45, 7) is 14.4. The SMILES string of the molecule is C=C[Si]O[Si](O[Si]C=C)(O[Si]C=C)O[Si]C=C. The third kappa shape index (κ3) is 7.74. The molecule has 0 aliphatic carbocycles. The second kappa shape index (κ2) is 11.0. The predicted octanol–water partition coefficient (Wildman–Crippen LogP) is 0.539. The molecule has 9 heteroatoms. The molecular formula is C8H12O4Si5. The minimum atomic E-state index is -3.12. The lowest BCUT2D eigenvalue weighted by Gasteiger charge is -2.26. The summed E-state index contributed by atoms with van der Waals surface area (Å²) < 4.78 is 22.2. The molecule has 0 aliphatic heterocycles. The second-order valence-corrected chi connectivity index (χ2v) is 9.04. The van der Waals surface area contributed by atoms with Gasteiger partial charge in [-0.15, -0.1) is 26.3 Å². The van der Waals surface area contributed by atoms with E-state index in [9.17, 15) is 0 Å². The molecule has 4 nitrogen and oxygen atoms in total. The van der Waals surface area contributed by atoms with Crippen LogP contribution in [0, 0.1) is 0 Å². The standard InChI is InChI=1S/C8H12O4Si5/c1-5-13-9-17(10-14-6-2,11-15-7-3)12-16-8-4/h5-8H,1-4H2. The Morgan fingerprint density at radius 1 is 0.588 bits per heavy atom. The first kappa shape index (κ1) is 16.9. The third-order valence-corrected chi connectivity index (χ3v) is 7.62. The van der Waals surface area contributed by atoms with Crippen molar-refractivity contribution in [3.8, 4) is 0 Å². The Morgan fingerprint density at radius 3 is 1.00 bits per heavy atom. The number of rotatable bonds is 12. The van der Waals surface area contributed by atoms with Gasteiger partial charge in [0.2, 0.25) is 0 Å². The molecule has 0 aliphatic rings. The molecule has 88 valence electrons. The van der Waals surface area contributed by atoms with Crippen molar-refractivity contribution in [3.63, 3.8) is 0 Å². The van der Waals surface area contributed by atoms with E-state index in [1.54, 1.807) is 22.8 Å². The van der Waals surface area contributed by atoms with Crippen molar-refractivity contribution >= 4 is 48.1 Å². The predicted molar refractivity (Wildman–Crippen MR) is 73.9 cm³/mol. The first-order chi connectivity index (χ1) is 8.24. The summed E-state index contributed by atoms with van der Waals surface area (Å²) >= 11 is 0. The van der Waals surface area contributed by atoms with Gasteiger partial charge in [-0.3, -0.25) is 0 Å². The van der Waals surface area contributed by atoms with Crippen LogP contribution < -0.4 is 0 Å². The zero-order chi connectivity index (χ0) is 13.0. The van der Waals surface area contributed by atoms with Crippen LogP contribution in [-0.4, -0.2) is 48.1 Å². The van der Waals surface area contributed by atoms with E-state index >= 15 is 0 Å². The summed E-state index contributed by atoms with van der Waals surface area (Å²) in [6.07, 6.45) is 0. The van der Waals surface area contributed by atoms with Crippen LogP contribution in [-0.2, 0) is 16.5 Å². The first-order valence-corrected chi connectivity index (χ1v) is 10.00. The fourth-order valence-corrected chi connectivity index (χ4v) is 7.47. The van der Waals surface area contributed by atoms with E-state index in [1.807, 2.05) is 0 Å². The lowest BCUT2D eigenvalue weighted by molar-refractivity contribution is 0.180. The van der Waals surface area contributed by atoms with E-state index in [-0.39, 0.29) is 39.1 Å². The minimum Gasteiger partial charge on any atom is -0.390 e. The molecule has 0 heterocycles. The van der Waals surface area contributed by atoms with Crippen molar-refractivity contribution in [2.75, 3.05) is 0 Å². The molecule has 0 aromatic heterocycles. The fraction of sp³-hybridized carbons (Fsp3) is 0. The Labute approximate surface area is 114 Å². The highest BCUT2D eigenvalue weighted by Crippen LogP contribution is 2.09. The Kier molecular flexibility index (Phi) is 10.9. The zero-order valence-electron chi connectivity index (χ0n) is 9.27. The van der Waals surface area contributed by atoms with E-state index in [0.717, 1.165) is 0 Å². The lowest BCUT2D eigenvalue weighted by Crippen LogP contribution is -2.52. The molecule has 0 atom stereocenters. The van der Waals surface area contributed by atoms with Gasteiger partial charge in [0, 0.05) is 0 Å². The molecule has 0 saturated carbocycles. The molecule has 0 N–H and O–H groups in total. The maximum atomic E-state index is 5.54. The molecule has 0 aromatic carbocycles. The molecule has 0 aromatic rings. The Balaban J connectivity index is 4.59. The van der Waals surface area contributed by atoms with Gasteiger partial charge in [-0.1, -0.05) is 22.8 Å². The van der Waals surface area contributed by atoms with Crippen LogP contribution in [0.2, 0.25) is 0 Å². The Hall–Kier alpha value is -0.116.